The van der Waals surface area contributed by atoms with Crippen molar-refractivity contribution in [1.82, 2.24) is 5.32 Å². The van der Waals surface area contributed by atoms with Gasteiger partial charge in [0.15, 0.2) is 0 Å². The Kier molecular flexibility index (Phi) is 8.47. The summed E-state index contributed by atoms with van der Waals surface area (Å²) in [4.78, 5) is 0. The second-order valence-corrected chi connectivity index (χ2v) is 5.17. The number of hydrogen-bond acceptors (Lipinski definition) is 3. The molecule has 1 unspecified atom stereocenters. The highest BCUT2D eigenvalue weighted by atomic mass is 16.5. The quantitative estimate of drug-likeness (QED) is 0.660. The van der Waals surface area contributed by atoms with Gasteiger partial charge in [-0.15, -0.1) is 0 Å². The molecular weight excluding hydrogens is 238 g/mol. The lowest BCUT2D eigenvalue weighted by Crippen LogP contribution is -2.28. The van der Waals surface area contributed by atoms with Crippen molar-refractivity contribution in [3.05, 3.63) is 35.9 Å². The van der Waals surface area contributed by atoms with Crippen LogP contribution in [0, 0.1) is 5.92 Å². The topological polar surface area (TPSA) is 30.5 Å². The van der Waals surface area contributed by atoms with Gasteiger partial charge >= 0.3 is 0 Å². The Morgan fingerprint density at radius 3 is 2.47 bits per heavy atom. The summed E-state index contributed by atoms with van der Waals surface area (Å²) in [5.74, 6) is 0.707. The normalized spacial score (nSPS) is 12.8. The lowest BCUT2D eigenvalue weighted by atomic mass is 10.1. The maximum absolute atomic E-state index is 5.61. The summed E-state index contributed by atoms with van der Waals surface area (Å²) in [5.41, 5.74) is 1.26. The SMILES string of the molecule is COCC(NCCOCCC(C)C)c1ccccc1. The van der Waals surface area contributed by atoms with Crippen LogP contribution in [0.25, 0.3) is 0 Å². The third-order valence-electron chi connectivity index (χ3n) is 3.01. The number of methoxy groups -OCH3 is 1. The molecule has 1 N–H and O–H groups in total. The minimum absolute atomic E-state index is 0.236. The highest BCUT2D eigenvalue weighted by Crippen LogP contribution is 2.12. The third kappa shape index (κ3) is 7.31. The number of hydrogen-bond donors (Lipinski definition) is 1. The van der Waals surface area contributed by atoms with Gasteiger partial charge in [0.05, 0.1) is 19.3 Å². The van der Waals surface area contributed by atoms with Crippen molar-refractivity contribution in [2.45, 2.75) is 26.3 Å². The molecule has 3 heteroatoms. The molecule has 19 heavy (non-hydrogen) atoms. The van der Waals surface area contributed by atoms with Gasteiger partial charge in [-0.05, 0) is 17.9 Å². The molecule has 0 saturated carbocycles. The van der Waals surface area contributed by atoms with Gasteiger partial charge in [-0.1, -0.05) is 44.2 Å². The smallest absolute Gasteiger partial charge is 0.0657 e. The molecule has 1 atom stereocenters. The van der Waals surface area contributed by atoms with E-state index < -0.39 is 0 Å². The van der Waals surface area contributed by atoms with Crippen LogP contribution >= 0.6 is 0 Å². The van der Waals surface area contributed by atoms with E-state index in [0.717, 1.165) is 26.2 Å². The van der Waals surface area contributed by atoms with E-state index >= 15 is 0 Å². The van der Waals surface area contributed by atoms with Gasteiger partial charge in [-0.2, -0.15) is 0 Å². The minimum Gasteiger partial charge on any atom is -0.383 e. The van der Waals surface area contributed by atoms with Crippen molar-refractivity contribution >= 4 is 0 Å². The third-order valence-corrected chi connectivity index (χ3v) is 3.01. The van der Waals surface area contributed by atoms with Crippen LogP contribution in [0.3, 0.4) is 0 Å². The van der Waals surface area contributed by atoms with E-state index in [9.17, 15) is 0 Å². The molecule has 0 fully saturated rings. The maximum atomic E-state index is 5.61. The standard InChI is InChI=1S/C16H27NO2/c1-14(2)9-11-19-12-10-17-16(13-18-3)15-7-5-4-6-8-15/h4-8,14,16-17H,9-13H2,1-3H3. The predicted octanol–water partition coefficient (Wildman–Crippen LogP) is 3.03. The van der Waals surface area contributed by atoms with Crippen molar-refractivity contribution in [2.24, 2.45) is 5.92 Å². The average molecular weight is 265 g/mol. The molecule has 0 radical (unpaired) electrons. The molecule has 0 bridgehead atoms. The number of rotatable bonds is 10. The Labute approximate surface area is 117 Å². The Bertz CT molecular complexity index is 314. The van der Waals surface area contributed by atoms with E-state index in [1.54, 1.807) is 7.11 Å². The molecule has 0 amide bonds. The van der Waals surface area contributed by atoms with Crippen LogP contribution in [0.1, 0.15) is 31.9 Å². The zero-order chi connectivity index (χ0) is 13.9. The van der Waals surface area contributed by atoms with Crippen molar-refractivity contribution in [3.63, 3.8) is 0 Å². The molecule has 0 aromatic heterocycles. The summed E-state index contributed by atoms with van der Waals surface area (Å²) in [5, 5.41) is 3.48. The van der Waals surface area contributed by atoms with E-state index in [4.69, 9.17) is 9.47 Å². The molecule has 1 aromatic rings. The molecule has 0 aliphatic heterocycles. The maximum Gasteiger partial charge on any atom is 0.0657 e. The van der Waals surface area contributed by atoms with Gasteiger partial charge < -0.3 is 14.8 Å². The Hall–Kier alpha value is -0.900. The molecule has 0 spiro atoms. The summed E-state index contributed by atoms with van der Waals surface area (Å²) in [7, 11) is 1.73. The lowest BCUT2D eigenvalue weighted by molar-refractivity contribution is 0.115. The van der Waals surface area contributed by atoms with Crippen molar-refractivity contribution in [1.29, 1.82) is 0 Å². The second kappa shape index (κ2) is 9.96. The molecule has 0 saturated heterocycles. The summed E-state index contributed by atoms with van der Waals surface area (Å²) in [6.45, 7) is 7.55. The van der Waals surface area contributed by atoms with E-state index in [1.807, 2.05) is 6.07 Å². The molecule has 0 heterocycles. The highest BCUT2D eigenvalue weighted by molar-refractivity contribution is 5.18. The summed E-state index contributed by atoms with van der Waals surface area (Å²) < 4.78 is 10.9. The Morgan fingerprint density at radius 1 is 1.11 bits per heavy atom. The summed E-state index contributed by atoms with van der Waals surface area (Å²) >= 11 is 0. The van der Waals surface area contributed by atoms with Crippen LogP contribution in [0.15, 0.2) is 30.3 Å². The fourth-order valence-electron chi connectivity index (χ4n) is 1.85. The number of nitrogens with one attached hydrogen (secondary N) is 1. The molecule has 1 aromatic carbocycles. The molecule has 108 valence electrons. The first-order valence-corrected chi connectivity index (χ1v) is 7.09. The number of ether oxygens (including phenoxy) is 2. The Balaban J connectivity index is 2.23. The van der Waals surface area contributed by atoms with Crippen molar-refractivity contribution in [3.8, 4) is 0 Å². The monoisotopic (exact) mass is 265 g/mol. The molecule has 3 nitrogen and oxygen atoms in total. The van der Waals surface area contributed by atoms with Crippen LogP contribution in [-0.4, -0.2) is 33.5 Å². The van der Waals surface area contributed by atoms with Gasteiger partial charge in [0.2, 0.25) is 0 Å². The van der Waals surface area contributed by atoms with Crippen molar-refractivity contribution < 1.29 is 9.47 Å². The lowest BCUT2D eigenvalue weighted by Gasteiger charge is -2.18. The van der Waals surface area contributed by atoms with E-state index in [1.165, 1.54) is 5.56 Å². The van der Waals surface area contributed by atoms with Crippen LogP contribution in [0.5, 0.6) is 0 Å². The van der Waals surface area contributed by atoms with Gasteiger partial charge in [-0.3, -0.25) is 0 Å². The molecule has 0 aliphatic rings. The fourth-order valence-corrected chi connectivity index (χ4v) is 1.85. The van der Waals surface area contributed by atoms with Crippen LogP contribution in [-0.2, 0) is 9.47 Å². The van der Waals surface area contributed by atoms with E-state index in [0.29, 0.717) is 12.5 Å². The zero-order valence-corrected chi connectivity index (χ0v) is 12.4. The Morgan fingerprint density at radius 2 is 1.84 bits per heavy atom. The average Bonchev–Trinajstić information content (AvgIpc) is 2.42. The summed E-state index contributed by atoms with van der Waals surface area (Å²) in [6.07, 6.45) is 1.13. The molecular formula is C16H27NO2. The molecule has 0 aliphatic carbocycles. The van der Waals surface area contributed by atoms with Gasteiger partial charge in [0.25, 0.3) is 0 Å². The van der Waals surface area contributed by atoms with Crippen LogP contribution in [0.2, 0.25) is 0 Å². The first-order chi connectivity index (χ1) is 9.24. The van der Waals surface area contributed by atoms with Gasteiger partial charge in [0.1, 0.15) is 0 Å². The van der Waals surface area contributed by atoms with E-state index in [-0.39, 0.29) is 6.04 Å². The minimum atomic E-state index is 0.236. The predicted molar refractivity (Wildman–Crippen MR) is 79.3 cm³/mol. The fraction of sp³-hybridized carbons (Fsp3) is 0.625. The second-order valence-electron chi connectivity index (χ2n) is 5.17. The van der Waals surface area contributed by atoms with Crippen LogP contribution in [0.4, 0.5) is 0 Å². The van der Waals surface area contributed by atoms with Gasteiger partial charge in [-0.25, -0.2) is 0 Å². The zero-order valence-electron chi connectivity index (χ0n) is 12.4. The largest absolute Gasteiger partial charge is 0.383 e. The van der Waals surface area contributed by atoms with E-state index in [2.05, 4.69) is 43.4 Å². The van der Waals surface area contributed by atoms with Gasteiger partial charge in [0, 0.05) is 20.3 Å². The summed E-state index contributed by atoms with van der Waals surface area (Å²) in [6, 6.07) is 10.6. The first kappa shape index (κ1) is 16.2. The molecule has 1 rings (SSSR count). The number of benzene rings is 1. The van der Waals surface area contributed by atoms with Crippen LogP contribution < -0.4 is 5.32 Å². The first-order valence-electron chi connectivity index (χ1n) is 7.09. The van der Waals surface area contributed by atoms with Crippen molar-refractivity contribution in [2.75, 3.05) is 33.5 Å². The highest BCUT2D eigenvalue weighted by Gasteiger charge is 2.09.